The van der Waals surface area contributed by atoms with E-state index in [9.17, 15) is 4.79 Å². The number of amides is 1. The average Bonchev–Trinajstić information content (AvgIpc) is 2.48. The minimum absolute atomic E-state index is 0.0646. The van der Waals surface area contributed by atoms with Gasteiger partial charge in [0.15, 0.2) is 0 Å². The summed E-state index contributed by atoms with van der Waals surface area (Å²) in [5, 5.41) is 5.93. The third kappa shape index (κ3) is 3.57. The fourth-order valence-electron chi connectivity index (χ4n) is 2.11. The van der Waals surface area contributed by atoms with Crippen molar-refractivity contribution in [3.05, 3.63) is 59.8 Å². The Morgan fingerprint density at radius 3 is 2.65 bits per heavy atom. The predicted octanol–water partition coefficient (Wildman–Crippen LogP) is 2.48. The number of nitrogens with one attached hydrogen (secondary N) is 2. The second-order valence-electron chi connectivity index (χ2n) is 4.71. The predicted molar refractivity (Wildman–Crippen MR) is 80.9 cm³/mol. The van der Waals surface area contributed by atoms with Crippen LogP contribution in [-0.4, -0.2) is 24.0 Å². The number of hydrogen-bond acceptors (Lipinski definition) is 3. The van der Waals surface area contributed by atoms with E-state index >= 15 is 0 Å². The van der Waals surface area contributed by atoms with Crippen LogP contribution >= 0.6 is 0 Å². The zero-order valence-corrected chi connectivity index (χ0v) is 11.8. The first-order valence-corrected chi connectivity index (χ1v) is 6.68. The lowest BCUT2D eigenvalue weighted by Crippen LogP contribution is -2.34. The molecular weight excluding hydrogens is 250 g/mol. The van der Waals surface area contributed by atoms with Crippen LogP contribution in [0.2, 0.25) is 0 Å². The van der Waals surface area contributed by atoms with Crippen LogP contribution in [0.3, 0.4) is 0 Å². The van der Waals surface area contributed by atoms with Gasteiger partial charge >= 0.3 is 0 Å². The lowest BCUT2D eigenvalue weighted by Gasteiger charge is -2.15. The molecule has 2 aromatic rings. The summed E-state index contributed by atoms with van der Waals surface area (Å²) in [6, 6.07) is 13.7. The van der Waals surface area contributed by atoms with Gasteiger partial charge in [-0.2, -0.15) is 0 Å². The molecule has 1 aromatic heterocycles. The second kappa shape index (κ2) is 6.70. The van der Waals surface area contributed by atoms with Crippen LogP contribution in [0.1, 0.15) is 22.8 Å². The molecule has 0 spiro atoms. The summed E-state index contributed by atoms with van der Waals surface area (Å²) < 4.78 is 0. The van der Waals surface area contributed by atoms with Crippen LogP contribution in [-0.2, 0) is 6.42 Å². The first kappa shape index (κ1) is 14.1. The minimum atomic E-state index is -0.106. The van der Waals surface area contributed by atoms with E-state index in [4.69, 9.17) is 0 Å². The Kier molecular flexibility index (Phi) is 4.71. The number of pyridine rings is 1. The van der Waals surface area contributed by atoms with Crippen molar-refractivity contribution >= 4 is 11.7 Å². The Hall–Kier alpha value is -2.36. The summed E-state index contributed by atoms with van der Waals surface area (Å²) in [6.07, 6.45) is 2.47. The van der Waals surface area contributed by atoms with Crippen molar-refractivity contribution in [2.75, 3.05) is 12.4 Å². The third-order valence-corrected chi connectivity index (χ3v) is 3.05. The first-order chi connectivity index (χ1) is 9.70. The number of benzene rings is 1. The van der Waals surface area contributed by atoms with Gasteiger partial charge in [-0.1, -0.05) is 30.3 Å². The Morgan fingerprint density at radius 2 is 1.95 bits per heavy atom. The Morgan fingerprint density at radius 1 is 1.20 bits per heavy atom. The summed E-state index contributed by atoms with van der Waals surface area (Å²) in [7, 11) is 1.76. The largest absolute Gasteiger partial charge is 0.372 e. The van der Waals surface area contributed by atoms with Crippen molar-refractivity contribution in [3.8, 4) is 0 Å². The molecule has 1 aromatic carbocycles. The van der Waals surface area contributed by atoms with E-state index in [0.717, 1.165) is 6.42 Å². The second-order valence-corrected chi connectivity index (χ2v) is 4.71. The maximum Gasteiger partial charge on any atom is 0.255 e. The fourth-order valence-corrected chi connectivity index (χ4v) is 2.11. The zero-order valence-electron chi connectivity index (χ0n) is 11.8. The highest BCUT2D eigenvalue weighted by Gasteiger charge is 2.13. The molecule has 0 aliphatic rings. The topological polar surface area (TPSA) is 54.0 Å². The number of hydrogen-bond donors (Lipinski definition) is 2. The van der Waals surface area contributed by atoms with Crippen LogP contribution in [0.5, 0.6) is 0 Å². The van der Waals surface area contributed by atoms with E-state index in [-0.39, 0.29) is 11.9 Å². The normalized spacial score (nSPS) is 11.7. The highest BCUT2D eigenvalue weighted by molar-refractivity contribution is 5.98. The molecule has 20 heavy (non-hydrogen) atoms. The van der Waals surface area contributed by atoms with E-state index in [1.807, 2.05) is 25.1 Å². The van der Waals surface area contributed by atoms with E-state index in [1.54, 1.807) is 25.4 Å². The van der Waals surface area contributed by atoms with Gasteiger partial charge in [-0.15, -0.1) is 0 Å². The molecule has 0 radical (unpaired) electrons. The van der Waals surface area contributed by atoms with Gasteiger partial charge in [-0.25, -0.2) is 4.98 Å². The van der Waals surface area contributed by atoms with E-state index in [0.29, 0.717) is 11.4 Å². The van der Waals surface area contributed by atoms with Crippen LogP contribution < -0.4 is 10.6 Å². The summed E-state index contributed by atoms with van der Waals surface area (Å²) in [6.45, 7) is 2.00. The third-order valence-electron chi connectivity index (χ3n) is 3.05. The molecule has 0 aliphatic carbocycles. The molecule has 0 saturated carbocycles. The maximum absolute atomic E-state index is 12.2. The number of rotatable bonds is 5. The number of carbonyl (C=O) groups is 1. The van der Waals surface area contributed by atoms with Gasteiger partial charge in [0.25, 0.3) is 5.91 Å². The lowest BCUT2D eigenvalue weighted by atomic mass is 10.1. The molecule has 1 unspecified atom stereocenters. The Bertz CT molecular complexity index is 569. The molecule has 4 heteroatoms. The minimum Gasteiger partial charge on any atom is -0.372 e. The lowest BCUT2D eigenvalue weighted by molar-refractivity contribution is 0.0940. The molecule has 1 atom stereocenters. The molecule has 104 valence electrons. The summed E-state index contributed by atoms with van der Waals surface area (Å²) in [5.74, 6) is 0.489. The van der Waals surface area contributed by atoms with Crippen molar-refractivity contribution in [2.45, 2.75) is 19.4 Å². The first-order valence-electron chi connectivity index (χ1n) is 6.68. The molecule has 1 amide bonds. The van der Waals surface area contributed by atoms with Gasteiger partial charge in [0.2, 0.25) is 0 Å². The summed E-state index contributed by atoms with van der Waals surface area (Å²) in [5.41, 5.74) is 1.77. The smallest absolute Gasteiger partial charge is 0.255 e. The van der Waals surface area contributed by atoms with Gasteiger partial charge in [-0.3, -0.25) is 4.79 Å². The van der Waals surface area contributed by atoms with Crippen LogP contribution in [0.25, 0.3) is 0 Å². The van der Waals surface area contributed by atoms with E-state index in [2.05, 4.69) is 27.8 Å². The number of anilines is 1. The molecule has 2 rings (SSSR count). The van der Waals surface area contributed by atoms with Gasteiger partial charge in [0.1, 0.15) is 5.82 Å². The fraction of sp³-hybridized carbons (Fsp3) is 0.250. The highest BCUT2D eigenvalue weighted by Crippen LogP contribution is 2.11. The van der Waals surface area contributed by atoms with Crippen molar-refractivity contribution in [2.24, 2.45) is 0 Å². The van der Waals surface area contributed by atoms with Gasteiger partial charge < -0.3 is 10.6 Å². The number of nitrogens with zero attached hydrogens (tertiary/aromatic N) is 1. The molecule has 4 nitrogen and oxygen atoms in total. The van der Waals surface area contributed by atoms with Gasteiger partial charge in [0, 0.05) is 19.3 Å². The molecule has 2 N–H and O–H groups in total. The van der Waals surface area contributed by atoms with Crippen LogP contribution in [0, 0.1) is 0 Å². The Labute approximate surface area is 119 Å². The average molecular weight is 269 g/mol. The summed E-state index contributed by atoms with van der Waals surface area (Å²) in [4.78, 5) is 16.4. The molecule has 0 aliphatic heterocycles. The van der Waals surface area contributed by atoms with E-state index < -0.39 is 0 Å². The van der Waals surface area contributed by atoms with E-state index in [1.165, 1.54) is 5.56 Å². The molecular formula is C16H19N3O. The molecule has 1 heterocycles. The quantitative estimate of drug-likeness (QED) is 0.876. The standard InChI is InChI=1S/C16H19N3O/c1-12(11-13-7-4-3-5-8-13)19-16(20)14-9-6-10-18-15(14)17-2/h3-10,12H,11H2,1-2H3,(H,17,18)(H,19,20). The Balaban J connectivity index is 2.00. The number of aromatic nitrogens is 1. The molecule has 0 fully saturated rings. The summed E-state index contributed by atoms with van der Waals surface area (Å²) >= 11 is 0. The monoisotopic (exact) mass is 269 g/mol. The van der Waals surface area contributed by atoms with Gasteiger partial charge in [-0.05, 0) is 31.0 Å². The van der Waals surface area contributed by atoms with Crippen LogP contribution in [0.15, 0.2) is 48.7 Å². The molecule has 0 saturated heterocycles. The zero-order chi connectivity index (χ0) is 14.4. The molecule has 0 bridgehead atoms. The van der Waals surface area contributed by atoms with Crippen molar-refractivity contribution < 1.29 is 4.79 Å². The van der Waals surface area contributed by atoms with Crippen LogP contribution in [0.4, 0.5) is 5.82 Å². The van der Waals surface area contributed by atoms with Crippen molar-refractivity contribution in [1.82, 2.24) is 10.3 Å². The maximum atomic E-state index is 12.2. The van der Waals surface area contributed by atoms with Crippen molar-refractivity contribution in [1.29, 1.82) is 0 Å². The van der Waals surface area contributed by atoms with Gasteiger partial charge in [0.05, 0.1) is 5.56 Å². The highest BCUT2D eigenvalue weighted by atomic mass is 16.1. The van der Waals surface area contributed by atoms with Crippen molar-refractivity contribution in [3.63, 3.8) is 0 Å². The SMILES string of the molecule is CNc1ncccc1C(=O)NC(C)Cc1ccccc1. The number of carbonyl (C=O) groups excluding carboxylic acids is 1.